The molecule has 0 unspecified atom stereocenters. The minimum Gasteiger partial charge on any atom is -0.495 e. The third kappa shape index (κ3) is 4.59. The van der Waals surface area contributed by atoms with Gasteiger partial charge in [-0.25, -0.2) is 4.98 Å². The topological polar surface area (TPSA) is 104 Å². The number of benzene rings is 1. The van der Waals surface area contributed by atoms with E-state index in [-0.39, 0.29) is 30.2 Å². The highest BCUT2D eigenvalue weighted by Crippen LogP contribution is 2.23. The SMILES string of the molecule is COc1ccccc1NC(=O)CSc1nc(C)c(CCO)c(=O)[nH]1. The normalized spacial score (nSPS) is 10.5. The summed E-state index contributed by atoms with van der Waals surface area (Å²) in [6.07, 6.45) is 0.257. The molecule has 0 saturated heterocycles. The number of H-pyrrole nitrogens is 1. The van der Waals surface area contributed by atoms with Crippen molar-refractivity contribution in [3.63, 3.8) is 0 Å². The summed E-state index contributed by atoms with van der Waals surface area (Å²) in [7, 11) is 1.53. The fourth-order valence-corrected chi connectivity index (χ4v) is 2.83. The molecule has 1 heterocycles. The molecule has 0 radical (unpaired) electrons. The molecule has 0 atom stereocenters. The number of nitrogens with one attached hydrogen (secondary N) is 2. The minimum atomic E-state index is -0.288. The second-order valence-corrected chi connectivity index (χ2v) is 5.91. The lowest BCUT2D eigenvalue weighted by molar-refractivity contribution is -0.113. The Balaban J connectivity index is 2.00. The number of hydrogen-bond acceptors (Lipinski definition) is 6. The summed E-state index contributed by atoms with van der Waals surface area (Å²) in [5.41, 5.74) is 1.31. The first-order valence-electron chi connectivity index (χ1n) is 7.31. The quantitative estimate of drug-likeness (QED) is 0.515. The van der Waals surface area contributed by atoms with E-state index in [4.69, 9.17) is 9.84 Å². The first-order chi connectivity index (χ1) is 11.5. The van der Waals surface area contributed by atoms with Crippen LogP contribution in [0, 0.1) is 6.92 Å². The van der Waals surface area contributed by atoms with Crippen LogP contribution in [0.5, 0.6) is 5.75 Å². The van der Waals surface area contributed by atoms with E-state index < -0.39 is 0 Å². The first-order valence-corrected chi connectivity index (χ1v) is 8.30. The standard InChI is InChI=1S/C16H19N3O4S/c1-10-11(7-8-20)15(22)19-16(17-10)24-9-14(21)18-12-5-3-4-6-13(12)23-2/h3-6,20H,7-9H2,1-2H3,(H,18,21)(H,17,19,22). The van der Waals surface area contributed by atoms with E-state index >= 15 is 0 Å². The summed E-state index contributed by atoms with van der Waals surface area (Å²) < 4.78 is 5.17. The zero-order chi connectivity index (χ0) is 17.5. The highest BCUT2D eigenvalue weighted by molar-refractivity contribution is 7.99. The number of carbonyl (C=O) groups excluding carboxylic acids is 1. The molecule has 1 amide bonds. The van der Waals surface area contributed by atoms with Crippen LogP contribution in [0.4, 0.5) is 5.69 Å². The van der Waals surface area contributed by atoms with E-state index in [0.717, 1.165) is 11.8 Å². The molecule has 7 nitrogen and oxygen atoms in total. The largest absolute Gasteiger partial charge is 0.495 e. The molecule has 2 rings (SSSR count). The monoisotopic (exact) mass is 349 g/mol. The third-order valence-corrected chi connectivity index (χ3v) is 4.16. The van der Waals surface area contributed by atoms with Gasteiger partial charge in [-0.05, 0) is 19.1 Å². The smallest absolute Gasteiger partial charge is 0.255 e. The number of rotatable bonds is 7. The molecule has 2 aromatic rings. The summed E-state index contributed by atoms with van der Waals surface area (Å²) in [6, 6.07) is 7.11. The van der Waals surface area contributed by atoms with Gasteiger partial charge in [-0.1, -0.05) is 23.9 Å². The van der Waals surface area contributed by atoms with Crippen LogP contribution in [0.1, 0.15) is 11.3 Å². The average molecular weight is 349 g/mol. The molecule has 128 valence electrons. The van der Waals surface area contributed by atoms with E-state index in [1.165, 1.54) is 7.11 Å². The zero-order valence-corrected chi connectivity index (χ0v) is 14.3. The lowest BCUT2D eigenvalue weighted by Gasteiger charge is -2.10. The van der Waals surface area contributed by atoms with Gasteiger partial charge >= 0.3 is 0 Å². The average Bonchev–Trinajstić information content (AvgIpc) is 2.57. The van der Waals surface area contributed by atoms with Crippen molar-refractivity contribution in [2.45, 2.75) is 18.5 Å². The number of carbonyl (C=O) groups is 1. The number of para-hydroxylation sites is 2. The molecule has 3 N–H and O–H groups in total. The van der Waals surface area contributed by atoms with Crippen LogP contribution in [0.15, 0.2) is 34.2 Å². The van der Waals surface area contributed by atoms with Gasteiger partial charge in [0.05, 0.1) is 18.6 Å². The van der Waals surface area contributed by atoms with Crippen LogP contribution in [-0.2, 0) is 11.2 Å². The molecule has 0 spiro atoms. The molecule has 24 heavy (non-hydrogen) atoms. The molecule has 0 aliphatic carbocycles. The molecule has 0 saturated carbocycles. The van der Waals surface area contributed by atoms with Gasteiger partial charge in [-0.2, -0.15) is 0 Å². The van der Waals surface area contributed by atoms with Crippen molar-refractivity contribution in [3.05, 3.63) is 45.9 Å². The van der Waals surface area contributed by atoms with Gasteiger partial charge < -0.3 is 20.1 Å². The van der Waals surface area contributed by atoms with E-state index in [1.54, 1.807) is 25.1 Å². The molecular formula is C16H19N3O4S. The Bertz CT molecular complexity index is 776. The van der Waals surface area contributed by atoms with Gasteiger partial charge in [0, 0.05) is 24.3 Å². The maximum Gasteiger partial charge on any atom is 0.255 e. The highest BCUT2D eigenvalue weighted by atomic mass is 32.2. The van der Waals surface area contributed by atoms with Gasteiger partial charge in [0.15, 0.2) is 5.16 Å². The predicted octanol–water partition coefficient (Wildman–Crippen LogP) is 1.35. The number of aliphatic hydroxyl groups is 1. The van der Waals surface area contributed by atoms with E-state index in [1.807, 2.05) is 6.07 Å². The molecule has 0 aliphatic heterocycles. The van der Waals surface area contributed by atoms with Crippen LogP contribution in [0.25, 0.3) is 0 Å². The van der Waals surface area contributed by atoms with E-state index in [9.17, 15) is 9.59 Å². The molecule has 0 fully saturated rings. The number of aliphatic hydroxyl groups excluding tert-OH is 1. The second kappa shape index (κ2) is 8.51. The molecule has 8 heteroatoms. The number of thioether (sulfide) groups is 1. The minimum absolute atomic E-state index is 0.0970. The lowest BCUT2D eigenvalue weighted by Crippen LogP contribution is -2.19. The van der Waals surface area contributed by atoms with Crippen molar-refractivity contribution in [3.8, 4) is 5.75 Å². The third-order valence-electron chi connectivity index (χ3n) is 3.28. The van der Waals surface area contributed by atoms with Crippen LogP contribution >= 0.6 is 11.8 Å². The summed E-state index contributed by atoms with van der Waals surface area (Å²) in [6.45, 7) is 1.60. The number of hydrogen-bond donors (Lipinski definition) is 3. The molecule has 1 aromatic carbocycles. The summed E-state index contributed by atoms with van der Waals surface area (Å²) in [4.78, 5) is 30.9. The molecule has 0 aliphatic rings. The van der Waals surface area contributed by atoms with Crippen LogP contribution in [0.3, 0.4) is 0 Å². The number of anilines is 1. The molecular weight excluding hydrogens is 330 g/mol. The number of aromatic nitrogens is 2. The Morgan fingerprint density at radius 2 is 2.17 bits per heavy atom. The summed E-state index contributed by atoms with van der Waals surface area (Å²) in [5, 5.41) is 12.1. The predicted molar refractivity (Wildman–Crippen MR) is 92.7 cm³/mol. The van der Waals surface area contributed by atoms with Crippen LogP contribution < -0.4 is 15.6 Å². The van der Waals surface area contributed by atoms with Crippen molar-refractivity contribution >= 4 is 23.4 Å². The van der Waals surface area contributed by atoms with Crippen molar-refractivity contribution in [2.24, 2.45) is 0 Å². The van der Waals surface area contributed by atoms with Gasteiger partial charge in [0.2, 0.25) is 5.91 Å². The highest BCUT2D eigenvalue weighted by Gasteiger charge is 2.11. The van der Waals surface area contributed by atoms with E-state index in [0.29, 0.717) is 27.9 Å². The Hall–Kier alpha value is -2.32. The number of aryl methyl sites for hydroxylation is 1. The lowest BCUT2D eigenvalue weighted by atomic mass is 10.2. The van der Waals surface area contributed by atoms with Crippen molar-refractivity contribution in [1.82, 2.24) is 9.97 Å². The maximum atomic E-state index is 12.1. The number of aromatic amines is 1. The Morgan fingerprint density at radius 3 is 2.83 bits per heavy atom. The first kappa shape index (κ1) is 18.0. The fraction of sp³-hybridized carbons (Fsp3) is 0.312. The maximum absolute atomic E-state index is 12.1. The van der Waals surface area contributed by atoms with Crippen LogP contribution in [-0.4, -0.2) is 40.5 Å². The van der Waals surface area contributed by atoms with Gasteiger partial charge in [-0.15, -0.1) is 0 Å². The molecule has 1 aromatic heterocycles. The number of nitrogens with zero attached hydrogens (tertiary/aromatic N) is 1. The van der Waals surface area contributed by atoms with Crippen molar-refractivity contribution < 1.29 is 14.6 Å². The van der Waals surface area contributed by atoms with Gasteiger partial charge in [0.1, 0.15) is 5.75 Å². The Morgan fingerprint density at radius 1 is 1.42 bits per heavy atom. The zero-order valence-electron chi connectivity index (χ0n) is 13.5. The van der Waals surface area contributed by atoms with E-state index in [2.05, 4.69) is 15.3 Å². The van der Waals surface area contributed by atoms with Crippen LogP contribution in [0.2, 0.25) is 0 Å². The Kier molecular flexibility index (Phi) is 6.39. The number of methoxy groups -OCH3 is 1. The van der Waals surface area contributed by atoms with Gasteiger partial charge in [0.25, 0.3) is 5.56 Å². The van der Waals surface area contributed by atoms with Crippen molar-refractivity contribution in [2.75, 3.05) is 24.8 Å². The number of amides is 1. The number of ether oxygens (including phenoxy) is 1. The fourth-order valence-electron chi connectivity index (χ4n) is 2.13. The van der Waals surface area contributed by atoms with Gasteiger partial charge in [-0.3, -0.25) is 9.59 Å². The molecule has 0 bridgehead atoms. The second-order valence-electron chi connectivity index (χ2n) is 4.95. The summed E-state index contributed by atoms with van der Waals surface area (Å²) in [5.74, 6) is 0.440. The van der Waals surface area contributed by atoms with Crippen molar-refractivity contribution in [1.29, 1.82) is 0 Å². The summed E-state index contributed by atoms with van der Waals surface area (Å²) >= 11 is 1.13. The Labute approximate surface area is 143 Å².